The predicted molar refractivity (Wildman–Crippen MR) is 45.5 cm³/mol. The monoisotopic (exact) mass is 132 g/mol. The first-order valence-corrected chi connectivity index (χ1v) is 6.28. The van der Waals surface area contributed by atoms with Crippen LogP contribution in [0, 0.1) is 0 Å². The van der Waals surface area contributed by atoms with Crippen molar-refractivity contribution in [2.75, 3.05) is 18.8 Å². The minimum Gasteiger partial charge on any atom is -0.246 e. The number of rotatable bonds is 0. The molecule has 0 aromatic carbocycles. The number of hydrogen-bond donors (Lipinski definition) is 0. The fourth-order valence-electron chi connectivity index (χ4n) is 0.969. The zero-order valence-electron chi connectivity index (χ0n) is 6.49. The topological polar surface area (TPSA) is 0 Å². The molecule has 0 bridgehead atoms. The van der Waals surface area contributed by atoms with Crippen LogP contribution in [0.15, 0.2) is 0 Å². The van der Waals surface area contributed by atoms with Gasteiger partial charge in [0.2, 0.25) is 0 Å². The highest BCUT2D eigenvalue weighted by atomic mass is 32.3. The Morgan fingerprint density at radius 1 is 1.12 bits per heavy atom. The summed E-state index contributed by atoms with van der Waals surface area (Å²) >= 11 is 0. The van der Waals surface area contributed by atoms with E-state index in [1.165, 1.54) is 0 Å². The third-order valence-electron chi connectivity index (χ3n) is 2.52. The fraction of sp³-hybridized carbons (Fsp3) is 0.857. The Balaban J connectivity index is 2.98. The summed E-state index contributed by atoms with van der Waals surface area (Å²) < 4.78 is 0.567. The highest BCUT2D eigenvalue weighted by Crippen LogP contribution is 2.71. The average molecular weight is 132 g/mol. The lowest BCUT2D eigenvalue weighted by molar-refractivity contribution is 1.00. The van der Waals surface area contributed by atoms with Gasteiger partial charge >= 0.3 is 0 Å². The molecule has 0 N–H and O–H groups in total. The van der Waals surface area contributed by atoms with Gasteiger partial charge in [0.1, 0.15) is 0 Å². The van der Waals surface area contributed by atoms with Crippen LogP contribution in [-0.2, 0) is 0 Å². The van der Waals surface area contributed by atoms with Gasteiger partial charge in [0.15, 0.2) is 0 Å². The molecule has 0 atom stereocenters. The van der Waals surface area contributed by atoms with Gasteiger partial charge in [-0.15, -0.1) is 0 Å². The molecule has 50 valence electrons. The van der Waals surface area contributed by atoms with Crippen LogP contribution >= 0.6 is 8.75 Å². The van der Waals surface area contributed by atoms with Crippen molar-refractivity contribution in [2.45, 2.75) is 18.6 Å². The summed E-state index contributed by atoms with van der Waals surface area (Å²) in [6, 6.07) is 0. The Kier molecular flexibility index (Phi) is 0.747. The second kappa shape index (κ2) is 0.942. The molecule has 0 aromatic heterocycles. The molecule has 0 unspecified atom stereocenters. The lowest BCUT2D eigenvalue weighted by atomic mass is 10.3. The summed E-state index contributed by atoms with van der Waals surface area (Å²) in [6.45, 7) is 4.66. The summed E-state index contributed by atoms with van der Waals surface area (Å²) in [4.78, 5) is 0. The molecule has 0 aliphatic carbocycles. The Labute approximate surface area is 52.2 Å². The second-order valence-corrected chi connectivity index (χ2v) is 11.0. The molecule has 1 rings (SSSR count). The van der Waals surface area contributed by atoms with Crippen molar-refractivity contribution in [1.29, 1.82) is 0 Å². The third-order valence-corrected chi connectivity index (χ3v) is 7.56. The van der Waals surface area contributed by atoms with Crippen molar-refractivity contribution in [2.24, 2.45) is 0 Å². The first-order chi connectivity index (χ1) is 3.24. The van der Waals surface area contributed by atoms with Crippen LogP contribution in [-0.4, -0.2) is 28.9 Å². The average Bonchev–Trinajstić information content (AvgIpc) is 1.55. The van der Waals surface area contributed by atoms with Crippen LogP contribution in [0.2, 0.25) is 0 Å². The van der Waals surface area contributed by atoms with Gasteiger partial charge in [-0.3, -0.25) is 0 Å². The molecule has 0 aromatic rings. The quantitative estimate of drug-likeness (QED) is 0.441. The van der Waals surface area contributed by atoms with Crippen LogP contribution < -0.4 is 0 Å². The summed E-state index contributed by atoms with van der Waals surface area (Å²) in [7, 11) is -0.944. The Hall–Kier alpha value is 0.220. The maximum Gasteiger partial charge on any atom is 0.0130 e. The van der Waals surface area contributed by atoms with E-state index in [2.05, 4.69) is 38.0 Å². The van der Waals surface area contributed by atoms with E-state index in [0.717, 1.165) is 0 Å². The Bertz CT molecular complexity index is 179. The standard InChI is InChI=1S/C7H16S/c1-7(2)6-8(7,3,4)5/h6H,1-5H3. The molecule has 0 radical (unpaired) electrons. The molecule has 1 aliphatic rings. The molecule has 8 heavy (non-hydrogen) atoms. The normalized spacial score (nSPS) is 40.9. The van der Waals surface area contributed by atoms with Gasteiger partial charge in [-0.1, -0.05) is 5.37 Å². The largest absolute Gasteiger partial charge is 0.246 e. The van der Waals surface area contributed by atoms with E-state index in [1.807, 2.05) is 0 Å². The smallest absolute Gasteiger partial charge is 0.0130 e. The van der Waals surface area contributed by atoms with Crippen molar-refractivity contribution in [3.05, 3.63) is 0 Å². The summed E-state index contributed by atoms with van der Waals surface area (Å²) in [5.41, 5.74) is 0. The van der Waals surface area contributed by atoms with Crippen LogP contribution in [0.5, 0.6) is 0 Å². The van der Waals surface area contributed by atoms with Gasteiger partial charge in [-0.05, 0) is 32.6 Å². The van der Waals surface area contributed by atoms with Crippen LogP contribution in [0.3, 0.4) is 0 Å². The molecule has 0 spiro atoms. The number of hydrogen-bond acceptors (Lipinski definition) is 0. The van der Waals surface area contributed by atoms with Crippen molar-refractivity contribution in [1.82, 2.24) is 0 Å². The highest BCUT2D eigenvalue weighted by molar-refractivity contribution is 8.53. The second-order valence-electron chi connectivity index (χ2n) is 4.38. The molecule has 1 heteroatoms. The zero-order chi connectivity index (χ0) is 6.65. The fourth-order valence-corrected chi connectivity index (χ4v) is 3.77. The van der Waals surface area contributed by atoms with Crippen molar-refractivity contribution >= 4 is 14.1 Å². The summed E-state index contributed by atoms with van der Waals surface area (Å²) in [5, 5.41) is 2.50. The first kappa shape index (κ1) is 6.34. The Morgan fingerprint density at radius 2 is 1.25 bits per heavy atom. The summed E-state index contributed by atoms with van der Waals surface area (Å²) in [6.07, 6.45) is 7.20. The van der Waals surface area contributed by atoms with Crippen LogP contribution in [0.4, 0.5) is 0 Å². The molecule has 0 fully saturated rings. The molecule has 0 saturated carbocycles. The van der Waals surface area contributed by atoms with Gasteiger partial charge < -0.3 is 0 Å². The van der Waals surface area contributed by atoms with Crippen LogP contribution in [0.25, 0.3) is 0 Å². The van der Waals surface area contributed by atoms with Crippen molar-refractivity contribution < 1.29 is 0 Å². The van der Waals surface area contributed by atoms with E-state index in [0.29, 0.717) is 4.75 Å². The van der Waals surface area contributed by atoms with Crippen molar-refractivity contribution in [3.63, 3.8) is 0 Å². The first-order valence-electron chi connectivity index (χ1n) is 2.95. The molecule has 0 saturated heterocycles. The molecule has 1 aliphatic heterocycles. The molecule has 0 nitrogen and oxygen atoms in total. The molecule has 1 heterocycles. The minimum absolute atomic E-state index is 0.567. The predicted octanol–water partition coefficient (Wildman–Crippen LogP) is 1.81. The molecular weight excluding hydrogens is 116 g/mol. The van der Waals surface area contributed by atoms with Gasteiger partial charge in [-0.25, -0.2) is 8.75 Å². The third kappa shape index (κ3) is 0.572. The molecular formula is C7H16S. The minimum atomic E-state index is -0.944. The van der Waals surface area contributed by atoms with Gasteiger partial charge in [0.25, 0.3) is 0 Å². The lowest BCUT2D eigenvalue weighted by Crippen LogP contribution is -2.08. The maximum atomic E-state index is 2.50. The van der Waals surface area contributed by atoms with E-state index < -0.39 is 8.75 Å². The van der Waals surface area contributed by atoms with E-state index in [4.69, 9.17) is 0 Å². The van der Waals surface area contributed by atoms with Crippen LogP contribution in [0.1, 0.15) is 13.8 Å². The summed E-state index contributed by atoms with van der Waals surface area (Å²) in [5.74, 6) is 0. The molecule has 0 amide bonds. The SMILES string of the molecule is CC1(C)C=S1(C)(C)C. The van der Waals surface area contributed by atoms with Gasteiger partial charge in [-0.2, -0.15) is 0 Å². The zero-order valence-corrected chi connectivity index (χ0v) is 7.30. The van der Waals surface area contributed by atoms with Crippen molar-refractivity contribution in [3.8, 4) is 0 Å². The van der Waals surface area contributed by atoms with Gasteiger partial charge in [0, 0.05) is 4.75 Å². The lowest BCUT2D eigenvalue weighted by Gasteiger charge is -2.29. The van der Waals surface area contributed by atoms with Gasteiger partial charge in [0.05, 0.1) is 0 Å². The van der Waals surface area contributed by atoms with E-state index in [-0.39, 0.29) is 0 Å². The Morgan fingerprint density at radius 3 is 1.25 bits per heavy atom. The maximum absolute atomic E-state index is 2.50. The van der Waals surface area contributed by atoms with E-state index >= 15 is 0 Å². The van der Waals surface area contributed by atoms with E-state index in [1.54, 1.807) is 0 Å². The highest BCUT2D eigenvalue weighted by Gasteiger charge is 2.46. The van der Waals surface area contributed by atoms with E-state index in [9.17, 15) is 0 Å².